The van der Waals surface area contributed by atoms with Crippen molar-refractivity contribution in [3.63, 3.8) is 0 Å². The van der Waals surface area contributed by atoms with Crippen LogP contribution in [-0.2, 0) is 4.74 Å². The molecule has 0 N–H and O–H groups in total. The number of carbonyl (C=O) groups excluding carboxylic acids is 1. The maximum Gasteiger partial charge on any atom is 0.413 e. The highest BCUT2D eigenvalue weighted by molar-refractivity contribution is 6.32. The van der Waals surface area contributed by atoms with Gasteiger partial charge in [0, 0.05) is 12.7 Å². The first kappa shape index (κ1) is 11.7. The van der Waals surface area contributed by atoms with Crippen LogP contribution >= 0.6 is 11.6 Å². The van der Waals surface area contributed by atoms with Crippen LogP contribution in [0.2, 0.25) is 5.02 Å². The Morgan fingerprint density at radius 2 is 2.07 bits per heavy atom. The Morgan fingerprint density at radius 3 is 2.53 bits per heavy atom. The zero-order valence-electron chi connectivity index (χ0n) is 8.78. The van der Waals surface area contributed by atoms with E-state index >= 15 is 0 Å². The second-order valence-corrected chi connectivity index (χ2v) is 3.26. The van der Waals surface area contributed by atoms with Crippen LogP contribution in [-0.4, -0.2) is 27.4 Å². The molecule has 5 heteroatoms. The predicted molar refractivity (Wildman–Crippen MR) is 58.8 cm³/mol. The fourth-order valence-corrected chi connectivity index (χ4v) is 1.36. The van der Waals surface area contributed by atoms with Gasteiger partial charge in [0.25, 0.3) is 0 Å². The Kier molecular flexibility index (Phi) is 3.80. The highest BCUT2D eigenvalue weighted by Crippen LogP contribution is 2.28. The molecular formula is C10H12ClNO3. The highest BCUT2D eigenvalue weighted by Gasteiger charge is 2.12. The zero-order chi connectivity index (χ0) is 11.4. The quantitative estimate of drug-likeness (QED) is 0.782. The molecule has 0 spiro atoms. The minimum atomic E-state index is -0.448. The number of halogens is 1. The van der Waals surface area contributed by atoms with E-state index in [0.717, 1.165) is 0 Å². The van der Waals surface area contributed by atoms with Gasteiger partial charge in [0.05, 0.1) is 19.2 Å². The number of hydrogen-bond donors (Lipinski definition) is 0. The molecule has 0 saturated heterocycles. The smallest absolute Gasteiger partial charge is 0.413 e. The number of benzene rings is 1. The summed E-state index contributed by atoms with van der Waals surface area (Å²) in [6.45, 7) is 0. The Labute approximate surface area is 93.3 Å². The Morgan fingerprint density at radius 1 is 1.40 bits per heavy atom. The van der Waals surface area contributed by atoms with Crippen molar-refractivity contribution in [3.05, 3.63) is 23.2 Å². The van der Waals surface area contributed by atoms with E-state index in [1.54, 1.807) is 25.2 Å². The molecule has 0 heterocycles. The van der Waals surface area contributed by atoms with Crippen LogP contribution in [0.15, 0.2) is 18.2 Å². The molecule has 1 rings (SSSR count). The van der Waals surface area contributed by atoms with Gasteiger partial charge in [-0.1, -0.05) is 11.6 Å². The third-order valence-corrected chi connectivity index (χ3v) is 2.27. The summed E-state index contributed by atoms with van der Waals surface area (Å²) in [7, 11) is 4.46. The van der Waals surface area contributed by atoms with Crippen molar-refractivity contribution in [2.75, 3.05) is 26.2 Å². The summed E-state index contributed by atoms with van der Waals surface area (Å²) in [6, 6.07) is 5.05. The van der Waals surface area contributed by atoms with Crippen LogP contribution < -0.4 is 9.64 Å². The molecule has 0 aliphatic heterocycles. The normalized spacial score (nSPS) is 9.60. The summed E-state index contributed by atoms with van der Waals surface area (Å²) >= 11 is 5.92. The van der Waals surface area contributed by atoms with Crippen LogP contribution in [0.1, 0.15) is 0 Å². The largest absolute Gasteiger partial charge is 0.495 e. The average molecular weight is 230 g/mol. The lowest BCUT2D eigenvalue weighted by molar-refractivity contribution is 0.180. The van der Waals surface area contributed by atoms with Crippen LogP contribution in [0.3, 0.4) is 0 Å². The topological polar surface area (TPSA) is 38.8 Å². The fourth-order valence-electron chi connectivity index (χ4n) is 1.11. The van der Waals surface area contributed by atoms with Crippen molar-refractivity contribution in [2.45, 2.75) is 0 Å². The molecular weight excluding hydrogens is 218 g/mol. The lowest BCUT2D eigenvalue weighted by Gasteiger charge is -2.16. The van der Waals surface area contributed by atoms with Crippen LogP contribution in [0.4, 0.5) is 10.5 Å². The van der Waals surface area contributed by atoms with Gasteiger partial charge in [0.1, 0.15) is 5.75 Å². The van der Waals surface area contributed by atoms with E-state index in [9.17, 15) is 4.79 Å². The predicted octanol–water partition coefficient (Wildman–Crippen LogP) is 2.55. The molecule has 1 aromatic carbocycles. The Bertz CT molecular complexity index is 368. The molecule has 0 saturated carbocycles. The SMILES string of the molecule is COC(=O)N(C)c1ccc(OC)c(Cl)c1. The summed E-state index contributed by atoms with van der Waals surface area (Å²) in [4.78, 5) is 12.6. The molecule has 82 valence electrons. The van der Waals surface area contributed by atoms with Gasteiger partial charge in [-0.15, -0.1) is 0 Å². The van der Waals surface area contributed by atoms with Crippen LogP contribution in [0.25, 0.3) is 0 Å². The molecule has 4 nitrogen and oxygen atoms in total. The van der Waals surface area contributed by atoms with Crippen molar-refractivity contribution in [1.82, 2.24) is 0 Å². The lowest BCUT2D eigenvalue weighted by atomic mass is 10.3. The van der Waals surface area contributed by atoms with Crippen LogP contribution in [0, 0.1) is 0 Å². The number of ether oxygens (including phenoxy) is 2. The molecule has 0 aliphatic carbocycles. The molecule has 15 heavy (non-hydrogen) atoms. The molecule has 0 unspecified atom stereocenters. The summed E-state index contributed by atoms with van der Waals surface area (Å²) < 4.78 is 9.58. The van der Waals surface area contributed by atoms with Gasteiger partial charge in [-0.2, -0.15) is 0 Å². The molecule has 0 fully saturated rings. The first-order valence-corrected chi connectivity index (χ1v) is 4.63. The van der Waals surface area contributed by atoms with E-state index in [4.69, 9.17) is 16.3 Å². The van der Waals surface area contributed by atoms with Crippen molar-refractivity contribution in [3.8, 4) is 5.75 Å². The van der Waals surface area contributed by atoms with Gasteiger partial charge < -0.3 is 9.47 Å². The van der Waals surface area contributed by atoms with Gasteiger partial charge in [0.2, 0.25) is 0 Å². The van der Waals surface area contributed by atoms with Gasteiger partial charge in [0.15, 0.2) is 0 Å². The van der Waals surface area contributed by atoms with Gasteiger partial charge in [-0.25, -0.2) is 4.79 Å². The van der Waals surface area contributed by atoms with Crippen molar-refractivity contribution < 1.29 is 14.3 Å². The molecule has 1 amide bonds. The monoisotopic (exact) mass is 229 g/mol. The minimum absolute atomic E-state index is 0.448. The van der Waals surface area contributed by atoms with Gasteiger partial charge in [-0.3, -0.25) is 4.90 Å². The molecule has 0 radical (unpaired) electrons. The summed E-state index contributed by atoms with van der Waals surface area (Å²) in [5.41, 5.74) is 0.646. The number of amides is 1. The van der Waals surface area contributed by atoms with Crippen molar-refractivity contribution >= 4 is 23.4 Å². The van der Waals surface area contributed by atoms with Crippen molar-refractivity contribution in [1.29, 1.82) is 0 Å². The maximum atomic E-state index is 11.2. The van der Waals surface area contributed by atoms with Crippen molar-refractivity contribution in [2.24, 2.45) is 0 Å². The summed E-state index contributed by atoms with van der Waals surface area (Å²) in [5, 5.41) is 0.450. The van der Waals surface area contributed by atoms with E-state index < -0.39 is 6.09 Å². The van der Waals surface area contributed by atoms with E-state index in [0.29, 0.717) is 16.5 Å². The molecule has 0 aliphatic rings. The fraction of sp³-hybridized carbons (Fsp3) is 0.300. The maximum absolute atomic E-state index is 11.2. The third-order valence-electron chi connectivity index (χ3n) is 1.97. The van der Waals surface area contributed by atoms with E-state index in [-0.39, 0.29) is 0 Å². The number of carbonyl (C=O) groups is 1. The molecule has 1 aromatic rings. The Balaban J connectivity index is 2.97. The highest BCUT2D eigenvalue weighted by atomic mass is 35.5. The zero-order valence-corrected chi connectivity index (χ0v) is 9.54. The second-order valence-electron chi connectivity index (χ2n) is 2.85. The number of methoxy groups -OCH3 is 2. The first-order valence-electron chi connectivity index (χ1n) is 4.25. The van der Waals surface area contributed by atoms with Gasteiger partial charge >= 0.3 is 6.09 Å². The Hall–Kier alpha value is -1.42. The first-order chi connectivity index (χ1) is 7.10. The molecule has 0 atom stereocenters. The number of rotatable bonds is 2. The standard InChI is InChI=1S/C10H12ClNO3/c1-12(10(13)15-3)7-4-5-9(14-2)8(11)6-7/h4-6H,1-3H3. The van der Waals surface area contributed by atoms with Gasteiger partial charge in [-0.05, 0) is 18.2 Å². The average Bonchev–Trinajstić information content (AvgIpc) is 2.26. The second kappa shape index (κ2) is 4.89. The number of anilines is 1. The minimum Gasteiger partial charge on any atom is -0.495 e. The third kappa shape index (κ3) is 2.53. The molecule has 0 aromatic heterocycles. The van der Waals surface area contributed by atoms with E-state index in [1.165, 1.54) is 19.1 Å². The molecule has 0 bridgehead atoms. The summed E-state index contributed by atoms with van der Waals surface area (Å²) in [6.07, 6.45) is -0.448. The van der Waals surface area contributed by atoms with Crippen LogP contribution in [0.5, 0.6) is 5.75 Å². The number of nitrogens with zero attached hydrogens (tertiary/aromatic N) is 1. The van der Waals surface area contributed by atoms with E-state index in [1.807, 2.05) is 0 Å². The summed E-state index contributed by atoms with van der Waals surface area (Å²) in [5.74, 6) is 0.568. The van der Waals surface area contributed by atoms with E-state index in [2.05, 4.69) is 4.74 Å². The lowest BCUT2D eigenvalue weighted by Crippen LogP contribution is -2.25. The number of hydrogen-bond acceptors (Lipinski definition) is 3.